The van der Waals surface area contributed by atoms with E-state index in [0.29, 0.717) is 26.2 Å². The summed E-state index contributed by atoms with van der Waals surface area (Å²) < 4.78 is 40.1. The molecule has 3 N–H and O–H groups in total. The number of carbonyl (C=O) groups is 1. The molecule has 1 aliphatic heterocycles. The molecular formula is C18H22ClF3N4O. The van der Waals surface area contributed by atoms with E-state index in [1.54, 1.807) is 12.1 Å². The summed E-state index contributed by atoms with van der Waals surface area (Å²) in [4.78, 5) is 16.6. The normalized spacial score (nSPS) is 16.4. The van der Waals surface area contributed by atoms with Gasteiger partial charge in [0.05, 0.1) is 0 Å². The van der Waals surface area contributed by atoms with Crippen molar-refractivity contribution >= 4 is 18.3 Å². The minimum absolute atomic E-state index is 0. The molecule has 0 radical (unpaired) electrons. The fourth-order valence-electron chi connectivity index (χ4n) is 3.04. The van der Waals surface area contributed by atoms with E-state index in [2.05, 4.69) is 15.6 Å². The van der Waals surface area contributed by atoms with Crippen molar-refractivity contribution in [1.29, 1.82) is 0 Å². The number of nitrogens with zero attached hydrogens (tertiary/aromatic N) is 1. The standard InChI is InChI=1S/C18H21F3N4O.ClH/c19-18(20,21)16(25-10-8-22-9-11-25)12-23-17(26)15-7-6-14(24-15)13-4-2-1-3-5-13;/h1-7,16,22,24H,8-12H2,(H,23,26);1H. The van der Waals surface area contributed by atoms with Crippen molar-refractivity contribution in [3.63, 3.8) is 0 Å². The molecule has 3 rings (SSSR count). The number of alkyl halides is 3. The van der Waals surface area contributed by atoms with E-state index in [1.807, 2.05) is 30.3 Å². The van der Waals surface area contributed by atoms with Crippen LogP contribution < -0.4 is 10.6 Å². The molecule has 2 aromatic rings. The van der Waals surface area contributed by atoms with Gasteiger partial charge in [0.1, 0.15) is 11.7 Å². The summed E-state index contributed by atoms with van der Waals surface area (Å²) in [6, 6.07) is 11.0. The number of hydrogen-bond donors (Lipinski definition) is 3. The lowest BCUT2D eigenvalue weighted by Crippen LogP contribution is -2.57. The summed E-state index contributed by atoms with van der Waals surface area (Å²) in [5, 5.41) is 5.44. The van der Waals surface area contributed by atoms with E-state index >= 15 is 0 Å². The van der Waals surface area contributed by atoms with Crippen molar-refractivity contribution in [3.8, 4) is 11.3 Å². The largest absolute Gasteiger partial charge is 0.405 e. The Labute approximate surface area is 161 Å². The third-order valence-corrected chi connectivity index (χ3v) is 4.44. The first-order valence-corrected chi connectivity index (χ1v) is 8.49. The Hall–Kier alpha value is -2.03. The summed E-state index contributed by atoms with van der Waals surface area (Å²) in [7, 11) is 0. The Bertz CT molecular complexity index is 730. The van der Waals surface area contributed by atoms with Gasteiger partial charge in [-0.05, 0) is 17.7 Å². The summed E-state index contributed by atoms with van der Waals surface area (Å²) in [5.74, 6) is -0.545. The molecule has 1 atom stereocenters. The van der Waals surface area contributed by atoms with Crippen LogP contribution >= 0.6 is 12.4 Å². The van der Waals surface area contributed by atoms with Crippen LogP contribution in [0.1, 0.15) is 10.5 Å². The predicted molar refractivity (Wildman–Crippen MR) is 100 cm³/mol. The van der Waals surface area contributed by atoms with E-state index in [4.69, 9.17) is 0 Å². The molecule has 5 nitrogen and oxygen atoms in total. The number of aromatic nitrogens is 1. The highest BCUT2D eigenvalue weighted by Crippen LogP contribution is 2.25. The maximum atomic E-state index is 13.4. The zero-order valence-corrected chi connectivity index (χ0v) is 15.4. The molecule has 1 aromatic heterocycles. The molecule has 148 valence electrons. The van der Waals surface area contributed by atoms with Crippen molar-refractivity contribution in [2.75, 3.05) is 32.7 Å². The van der Waals surface area contributed by atoms with E-state index in [-0.39, 0.29) is 18.1 Å². The molecule has 27 heavy (non-hydrogen) atoms. The molecule has 1 fully saturated rings. The molecule has 1 aromatic carbocycles. The van der Waals surface area contributed by atoms with Gasteiger partial charge < -0.3 is 15.6 Å². The summed E-state index contributed by atoms with van der Waals surface area (Å²) in [5.41, 5.74) is 1.89. The monoisotopic (exact) mass is 402 g/mol. The topological polar surface area (TPSA) is 60.2 Å². The van der Waals surface area contributed by atoms with Crippen molar-refractivity contribution < 1.29 is 18.0 Å². The van der Waals surface area contributed by atoms with Gasteiger partial charge in [0.15, 0.2) is 0 Å². The lowest BCUT2D eigenvalue weighted by atomic mass is 10.2. The van der Waals surface area contributed by atoms with Crippen LogP contribution in [0.15, 0.2) is 42.5 Å². The van der Waals surface area contributed by atoms with Crippen molar-refractivity contribution in [2.24, 2.45) is 0 Å². The molecule has 1 unspecified atom stereocenters. The predicted octanol–water partition coefficient (Wildman–Crippen LogP) is 2.67. The molecule has 0 saturated carbocycles. The number of aromatic amines is 1. The number of hydrogen-bond acceptors (Lipinski definition) is 3. The number of H-pyrrole nitrogens is 1. The molecule has 1 amide bonds. The van der Waals surface area contributed by atoms with Gasteiger partial charge in [-0.1, -0.05) is 30.3 Å². The molecule has 1 saturated heterocycles. The van der Waals surface area contributed by atoms with Crippen LogP contribution in [0, 0.1) is 0 Å². The minimum Gasteiger partial charge on any atom is -0.351 e. The van der Waals surface area contributed by atoms with Gasteiger partial charge in [-0.15, -0.1) is 12.4 Å². The fourth-order valence-corrected chi connectivity index (χ4v) is 3.04. The maximum absolute atomic E-state index is 13.4. The minimum atomic E-state index is -4.39. The van der Waals surface area contributed by atoms with Gasteiger partial charge in [-0.2, -0.15) is 13.2 Å². The van der Waals surface area contributed by atoms with Crippen LogP contribution in [0.5, 0.6) is 0 Å². The van der Waals surface area contributed by atoms with Gasteiger partial charge >= 0.3 is 6.18 Å². The third-order valence-electron chi connectivity index (χ3n) is 4.44. The lowest BCUT2D eigenvalue weighted by Gasteiger charge is -2.35. The van der Waals surface area contributed by atoms with Crippen molar-refractivity contribution in [3.05, 3.63) is 48.2 Å². The Morgan fingerprint density at radius 3 is 2.41 bits per heavy atom. The number of halogens is 4. The first kappa shape index (κ1) is 21.3. The number of amides is 1. The van der Waals surface area contributed by atoms with Crippen LogP contribution in [0.25, 0.3) is 11.3 Å². The zero-order valence-electron chi connectivity index (χ0n) is 14.6. The second kappa shape index (κ2) is 9.25. The highest BCUT2D eigenvalue weighted by atomic mass is 35.5. The second-order valence-corrected chi connectivity index (χ2v) is 6.21. The number of carbonyl (C=O) groups excluding carboxylic acids is 1. The average Bonchev–Trinajstić information content (AvgIpc) is 3.12. The number of piperazine rings is 1. The van der Waals surface area contributed by atoms with Crippen LogP contribution in [0.2, 0.25) is 0 Å². The molecule has 1 aliphatic rings. The van der Waals surface area contributed by atoms with E-state index in [0.717, 1.165) is 11.3 Å². The van der Waals surface area contributed by atoms with E-state index in [1.165, 1.54) is 4.90 Å². The smallest absolute Gasteiger partial charge is 0.351 e. The average molecular weight is 403 g/mol. The van der Waals surface area contributed by atoms with E-state index in [9.17, 15) is 18.0 Å². The highest BCUT2D eigenvalue weighted by molar-refractivity contribution is 5.93. The highest BCUT2D eigenvalue weighted by Gasteiger charge is 2.43. The van der Waals surface area contributed by atoms with Crippen LogP contribution in [-0.2, 0) is 0 Å². The van der Waals surface area contributed by atoms with Gasteiger partial charge in [-0.3, -0.25) is 9.69 Å². The Morgan fingerprint density at radius 2 is 1.78 bits per heavy atom. The van der Waals surface area contributed by atoms with Gasteiger partial charge in [0, 0.05) is 38.4 Å². The van der Waals surface area contributed by atoms with Crippen LogP contribution in [0.3, 0.4) is 0 Å². The van der Waals surface area contributed by atoms with Gasteiger partial charge in [-0.25, -0.2) is 0 Å². The van der Waals surface area contributed by atoms with Crippen molar-refractivity contribution in [1.82, 2.24) is 20.5 Å². The fraction of sp³-hybridized carbons (Fsp3) is 0.389. The first-order valence-electron chi connectivity index (χ1n) is 8.49. The van der Waals surface area contributed by atoms with E-state index < -0.39 is 24.7 Å². The zero-order chi connectivity index (χ0) is 18.6. The number of nitrogens with one attached hydrogen (secondary N) is 3. The van der Waals surface area contributed by atoms with Gasteiger partial charge in [0.2, 0.25) is 0 Å². The summed E-state index contributed by atoms with van der Waals surface area (Å²) >= 11 is 0. The summed E-state index contributed by atoms with van der Waals surface area (Å²) in [6.07, 6.45) is -4.39. The molecule has 2 heterocycles. The SMILES string of the molecule is Cl.O=C(NCC(N1CCNCC1)C(F)(F)F)c1ccc(-c2ccccc2)[nH]1. The van der Waals surface area contributed by atoms with Gasteiger partial charge in [0.25, 0.3) is 5.91 Å². The molecular weight excluding hydrogens is 381 g/mol. The molecule has 0 bridgehead atoms. The Morgan fingerprint density at radius 1 is 1.11 bits per heavy atom. The number of rotatable bonds is 5. The van der Waals surface area contributed by atoms with Crippen molar-refractivity contribution in [2.45, 2.75) is 12.2 Å². The van der Waals surface area contributed by atoms with Crippen LogP contribution in [-0.4, -0.2) is 60.7 Å². The quantitative estimate of drug-likeness (QED) is 0.720. The number of benzene rings is 1. The Balaban J connectivity index is 0.00000261. The Kier molecular flexibility index (Phi) is 7.29. The lowest BCUT2D eigenvalue weighted by molar-refractivity contribution is -0.183. The third kappa shape index (κ3) is 5.47. The van der Waals surface area contributed by atoms with Crippen LogP contribution in [0.4, 0.5) is 13.2 Å². The summed E-state index contributed by atoms with van der Waals surface area (Å²) in [6.45, 7) is 1.17. The maximum Gasteiger partial charge on any atom is 0.405 e. The molecule has 0 spiro atoms. The second-order valence-electron chi connectivity index (χ2n) is 6.21. The molecule has 9 heteroatoms. The molecule has 0 aliphatic carbocycles. The first-order chi connectivity index (χ1) is 12.4.